The molecule has 76 valence electrons. The van der Waals surface area contributed by atoms with Crippen LogP contribution < -0.4 is 10.4 Å². The summed E-state index contributed by atoms with van der Waals surface area (Å²) in [6.45, 7) is 0. The Kier molecular flexibility index (Phi) is 3.30. The molecule has 0 heterocycles. The van der Waals surface area contributed by atoms with Crippen LogP contribution >= 0.6 is 0 Å². The summed E-state index contributed by atoms with van der Waals surface area (Å²) in [5.74, 6) is -0.328. The minimum atomic E-state index is -2.13. The van der Waals surface area contributed by atoms with Crippen LogP contribution in [0.5, 0.6) is 0 Å². The lowest BCUT2D eigenvalue weighted by Crippen LogP contribution is -2.16. The summed E-state index contributed by atoms with van der Waals surface area (Å²) in [6.07, 6.45) is 3.05. The molecule has 0 aliphatic heterocycles. The largest absolute Gasteiger partial charge is 0.857 e. The minimum Gasteiger partial charge on any atom is -0.857 e. The number of para-hydroxylation sites is 1. The van der Waals surface area contributed by atoms with E-state index in [4.69, 9.17) is 0 Å². The maximum absolute atomic E-state index is 11.3. The molecule has 1 aromatic carbocycles. The Morgan fingerprint density at radius 2 is 1.93 bits per heavy atom. The second kappa shape index (κ2) is 4.28. The normalized spacial score (nSPS) is 12.6. The van der Waals surface area contributed by atoms with Gasteiger partial charge in [0.15, 0.2) is 0 Å². The Balaban J connectivity index is 2.72. The highest BCUT2D eigenvalue weighted by Gasteiger charge is 2.06. The minimum absolute atomic E-state index is 0.328. The van der Waals surface area contributed by atoms with Gasteiger partial charge in [0.25, 0.3) is 0 Å². The SMILES string of the molecule is C[S+](C)(=O)/C=C(\[O-])Nc1ccccc1. The molecule has 0 atom stereocenters. The highest BCUT2D eigenvalue weighted by Crippen LogP contribution is 2.07. The Morgan fingerprint density at radius 3 is 2.43 bits per heavy atom. The summed E-state index contributed by atoms with van der Waals surface area (Å²) >= 11 is 0. The Bertz CT molecular complexity index is 367. The van der Waals surface area contributed by atoms with Gasteiger partial charge in [0, 0.05) is 11.6 Å². The van der Waals surface area contributed by atoms with Crippen molar-refractivity contribution in [1.82, 2.24) is 0 Å². The average Bonchev–Trinajstić information content (AvgIpc) is 2.02. The van der Waals surface area contributed by atoms with Gasteiger partial charge in [0.2, 0.25) is 0 Å². The highest BCUT2D eigenvalue weighted by atomic mass is 32.2. The molecule has 14 heavy (non-hydrogen) atoms. The summed E-state index contributed by atoms with van der Waals surface area (Å²) in [5, 5.41) is 15.1. The zero-order chi connectivity index (χ0) is 10.6. The zero-order valence-corrected chi connectivity index (χ0v) is 9.01. The fraction of sp³-hybridized carbons (Fsp3) is 0.200. The predicted octanol–water partition coefficient (Wildman–Crippen LogP) is 1.02. The lowest BCUT2D eigenvalue weighted by atomic mass is 10.3. The van der Waals surface area contributed by atoms with E-state index in [2.05, 4.69) is 5.32 Å². The van der Waals surface area contributed by atoms with Crippen LogP contribution in [0.2, 0.25) is 0 Å². The van der Waals surface area contributed by atoms with Crippen LogP contribution in [0.4, 0.5) is 5.69 Å². The van der Waals surface area contributed by atoms with E-state index in [9.17, 15) is 9.32 Å². The monoisotopic (exact) mass is 211 g/mol. The maximum atomic E-state index is 11.3. The third-order valence-corrected chi connectivity index (χ3v) is 2.21. The van der Waals surface area contributed by atoms with E-state index in [0.29, 0.717) is 5.69 Å². The molecular weight excluding hydrogens is 198 g/mol. The molecular formula is C10H13NO2S. The molecule has 0 spiro atoms. The first-order chi connectivity index (χ1) is 6.47. The second-order valence-corrected chi connectivity index (χ2v) is 6.14. The van der Waals surface area contributed by atoms with Crippen molar-refractivity contribution in [3.8, 4) is 0 Å². The fourth-order valence-corrected chi connectivity index (χ4v) is 1.53. The number of hydrogen-bond acceptors (Lipinski definition) is 3. The van der Waals surface area contributed by atoms with Crippen LogP contribution in [0.3, 0.4) is 0 Å². The molecule has 4 heteroatoms. The van der Waals surface area contributed by atoms with E-state index in [-0.39, 0.29) is 5.88 Å². The third-order valence-electron chi connectivity index (χ3n) is 1.43. The standard InChI is InChI=1S/C10H13NO2S/c1-14(2,13)8-10(12)11-9-6-4-3-5-7-9/h3-8H,1-2H3,(H-,11,12,13). The average molecular weight is 211 g/mol. The van der Waals surface area contributed by atoms with Crippen molar-refractivity contribution in [1.29, 1.82) is 0 Å². The second-order valence-electron chi connectivity index (χ2n) is 3.28. The number of hydrogen-bond donors (Lipinski definition) is 1. The van der Waals surface area contributed by atoms with Gasteiger partial charge in [-0.3, -0.25) is 0 Å². The van der Waals surface area contributed by atoms with Crippen molar-refractivity contribution in [2.24, 2.45) is 0 Å². The third kappa shape index (κ3) is 4.09. The lowest BCUT2D eigenvalue weighted by Gasteiger charge is -2.13. The van der Waals surface area contributed by atoms with E-state index in [1.54, 1.807) is 12.1 Å². The Morgan fingerprint density at radius 1 is 1.36 bits per heavy atom. The molecule has 0 aliphatic carbocycles. The van der Waals surface area contributed by atoms with Gasteiger partial charge in [-0.1, -0.05) is 18.2 Å². The van der Waals surface area contributed by atoms with Crippen molar-refractivity contribution in [3.63, 3.8) is 0 Å². The first-order valence-corrected chi connectivity index (χ1v) is 6.56. The lowest BCUT2D eigenvalue weighted by molar-refractivity contribution is -0.299. The molecule has 0 saturated carbocycles. The van der Waals surface area contributed by atoms with Gasteiger partial charge in [-0.2, -0.15) is 0 Å². The first kappa shape index (κ1) is 10.8. The van der Waals surface area contributed by atoms with Gasteiger partial charge in [0.05, 0.1) is 0 Å². The molecule has 0 bridgehead atoms. The number of anilines is 1. The van der Waals surface area contributed by atoms with Gasteiger partial charge in [-0.15, -0.1) is 4.21 Å². The van der Waals surface area contributed by atoms with E-state index in [1.165, 1.54) is 17.9 Å². The van der Waals surface area contributed by atoms with Crippen LogP contribution in [0.25, 0.3) is 0 Å². The van der Waals surface area contributed by atoms with Crippen molar-refractivity contribution in [2.75, 3.05) is 17.8 Å². The fourth-order valence-electron chi connectivity index (χ4n) is 0.951. The van der Waals surface area contributed by atoms with Crippen LogP contribution in [-0.2, 0) is 14.1 Å². The van der Waals surface area contributed by atoms with Gasteiger partial charge in [0.1, 0.15) is 27.9 Å². The van der Waals surface area contributed by atoms with Gasteiger partial charge >= 0.3 is 0 Å². The van der Waals surface area contributed by atoms with E-state index in [1.807, 2.05) is 18.2 Å². The van der Waals surface area contributed by atoms with Crippen LogP contribution in [0.15, 0.2) is 41.6 Å². The van der Waals surface area contributed by atoms with E-state index in [0.717, 1.165) is 0 Å². The van der Waals surface area contributed by atoms with Crippen molar-refractivity contribution in [3.05, 3.63) is 41.6 Å². The van der Waals surface area contributed by atoms with Crippen LogP contribution in [0, 0.1) is 0 Å². The van der Waals surface area contributed by atoms with E-state index < -0.39 is 9.93 Å². The summed E-state index contributed by atoms with van der Waals surface area (Å²) in [5.41, 5.74) is 0.706. The van der Waals surface area contributed by atoms with Gasteiger partial charge in [-0.05, 0) is 12.1 Å². The summed E-state index contributed by atoms with van der Waals surface area (Å²) < 4.78 is 11.3. The van der Waals surface area contributed by atoms with Crippen LogP contribution in [0.1, 0.15) is 0 Å². The van der Waals surface area contributed by atoms with E-state index >= 15 is 0 Å². The smallest absolute Gasteiger partial charge is 0.130 e. The number of rotatable bonds is 3. The first-order valence-electron chi connectivity index (χ1n) is 4.12. The summed E-state index contributed by atoms with van der Waals surface area (Å²) in [7, 11) is -2.13. The molecule has 0 aromatic heterocycles. The predicted molar refractivity (Wildman–Crippen MR) is 58.0 cm³/mol. The molecule has 0 saturated heterocycles. The molecule has 0 unspecified atom stereocenters. The zero-order valence-electron chi connectivity index (χ0n) is 8.19. The van der Waals surface area contributed by atoms with Crippen molar-refractivity contribution >= 4 is 15.6 Å². The maximum Gasteiger partial charge on any atom is 0.130 e. The quantitative estimate of drug-likeness (QED) is 0.600. The molecule has 1 N–H and O–H groups in total. The summed E-state index contributed by atoms with van der Waals surface area (Å²) in [4.78, 5) is 0. The molecule has 0 amide bonds. The number of benzene rings is 1. The Labute approximate surface area is 84.9 Å². The molecule has 0 radical (unpaired) electrons. The van der Waals surface area contributed by atoms with Gasteiger partial charge in [-0.25, -0.2) is 0 Å². The Hall–Kier alpha value is -1.29. The number of nitrogens with one attached hydrogen (secondary N) is 1. The van der Waals surface area contributed by atoms with Crippen molar-refractivity contribution < 1.29 is 9.32 Å². The van der Waals surface area contributed by atoms with Crippen LogP contribution in [-0.4, -0.2) is 12.5 Å². The molecule has 1 rings (SSSR count). The van der Waals surface area contributed by atoms with Gasteiger partial charge < -0.3 is 10.4 Å². The topological polar surface area (TPSA) is 52.2 Å². The molecule has 1 aromatic rings. The molecule has 0 fully saturated rings. The highest BCUT2D eigenvalue weighted by molar-refractivity contribution is 8.04. The molecule has 0 aliphatic rings. The molecule has 3 nitrogen and oxygen atoms in total. The summed E-state index contributed by atoms with van der Waals surface area (Å²) in [6, 6.07) is 9.07. The van der Waals surface area contributed by atoms with Crippen molar-refractivity contribution in [2.45, 2.75) is 0 Å².